The molecule has 0 radical (unpaired) electrons. The summed E-state index contributed by atoms with van der Waals surface area (Å²) in [5.74, 6) is 0.455. The molecule has 1 fully saturated rings. The first kappa shape index (κ1) is 16.2. The zero-order chi connectivity index (χ0) is 18.1. The van der Waals surface area contributed by atoms with Crippen LogP contribution in [0.4, 0.5) is 11.4 Å². The van der Waals surface area contributed by atoms with E-state index in [9.17, 15) is 9.59 Å². The van der Waals surface area contributed by atoms with E-state index < -0.39 is 0 Å². The van der Waals surface area contributed by atoms with Gasteiger partial charge in [-0.2, -0.15) is 0 Å². The number of hydrogen-bond donors (Lipinski definition) is 2. The summed E-state index contributed by atoms with van der Waals surface area (Å²) in [6.45, 7) is 0.661. The van der Waals surface area contributed by atoms with Crippen molar-refractivity contribution in [2.75, 3.05) is 23.9 Å². The molecule has 0 bridgehead atoms. The molecule has 0 atom stereocenters. The molecule has 2 amide bonds. The highest BCUT2D eigenvalue weighted by Gasteiger charge is 2.25. The van der Waals surface area contributed by atoms with Gasteiger partial charge in [0, 0.05) is 29.6 Å². The van der Waals surface area contributed by atoms with Gasteiger partial charge in [-0.25, -0.2) is 0 Å². The number of fused-ring (bicyclic) bond motifs is 1. The molecule has 6 nitrogen and oxygen atoms in total. The van der Waals surface area contributed by atoms with Crippen LogP contribution in [0.3, 0.4) is 0 Å². The first-order valence-corrected chi connectivity index (χ1v) is 8.53. The van der Waals surface area contributed by atoms with E-state index in [-0.39, 0.29) is 11.8 Å². The highest BCUT2D eigenvalue weighted by Crippen LogP contribution is 2.34. The zero-order valence-electron chi connectivity index (χ0n) is 14.4. The minimum absolute atomic E-state index is 0.0717. The Morgan fingerprint density at radius 2 is 2.04 bits per heavy atom. The highest BCUT2D eigenvalue weighted by atomic mass is 16.5. The van der Waals surface area contributed by atoms with E-state index in [0.29, 0.717) is 35.8 Å². The number of carbonyl (C=O) groups is 2. The molecule has 1 aliphatic heterocycles. The molecule has 2 aromatic carbocycles. The number of H-pyrrole nitrogens is 1. The van der Waals surface area contributed by atoms with Gasteiger partial charge >= 0.3 is 0 Å². The summed E-state index contributed by atoms with van der Waals surface area (Å²) in [7, 11) is 1.57. The Bertz CT molecular complexity index is 960. The van der Waals surface area contributed by atoms with E-state index in [1.54, 1.807) is 30.2 Å². The van der Waals surface area contributed by atoms with Gasteiger partial charge in [0.1, 0.15) is 11.4 Å². The van der Waals surface area contributed by atoms with Gasteiger partial charge in [-0.1, -0.05) is 18.2 Å². The standard InChI is InChI=1S/C20H19N3O3/c1-26-18-9-8-14(12-17(18)23-10-4-7-19(23)24)21-20(25)16-11-13-5-2-3-6-15(13)22-16/h2-3,5-6,8-9,11-12,22H,4,7,10H2,1H3,(H,21,25). The Hall–Kier alpha value is -3.28. The van der Waals surface area contributed by atoms with Gasteiger partial charge in [0.15, 0.2) is 0 Å². The van der Waals surface area contributed by atoms with Crippen LogP contribution < -0.4 is 15.0 Å². The van der Waals surface area contributed by atoms with Crippen molar-refractivity contribution < 1.29 is 14.3 Å². The molecule has 4 rings (SSSR count). The van der Waals surface area contributed by atoms with Crippen molar-refractivity contribution in [2.45, 2.75) is 12.8 Å². The Balaban J connectivity index is 1.61. The average molecular weight is 349 g/mol. The fraction of sp³-hybridized carbons (Fsp3) is 0.200. The van der Waals surface area contributed by atoms with Crippen molar-refractivity contribution in [2.24, 2.45) is 0 Å². The van der Waals surface area contributed by atoms with E-state index in [2.05, 4.69) is 10.3 Å². The Morgan fingerprint density at radius 1 is 1.19 bits per heavy atom. The van der Waals surface area contributed by atoms with Crippen LogP contribution in [0.2, 0.25) is 0 Å². The summed E-state index contributed by atoms with van der Waals surface area (Å²) in [5, 5.41) is 3.87. The molecule has 0 saturated carbocycles. The maximum absolute atomic E-state index is 12.6. The summed E-state index contributed by atoms with van der Waals surface area (Å²) in [5.41, 5.74) is 2.70. The van der Waals surface area contributed by atoms with Crippen molar-refractivity contribution in [3.8, 4) is 5.75 Å². The molecule has 1 aromatic heterocycles. The first-order chi connectivity index (χ1) is 12.7. The smallest absolute Gasteiger partial charge is 0.272 e. The fourth-order valence-electron chi connectivity index (χ4n) is 3.28. The van der Waals surface area contributed by atoms with Gasteiger partial charge in [0.25, 0.3) is 5.91 Å². The van der Waals surface area contributed by atoms with Gasteiger partial charge in [-0.05, 0) is 36.8 Å². The van der Waals surface area contributed by atoms with Crippen LogP contribution in [0, 0.1) is 0 Å². The van der Waals surface area contributed by atoms with Gasteiger partial charge in [-0.3, -0.25) is 9.59 Å². The van der Waals surface area contributed by atoms with Crippen molar-refractivity contribution in [1.82, 2.24) is 4.98 Å². The number of para-hydroxylation sites is 1. The third-order valence-corrected chi connectivity index (χ3v) is 4.58. The van der Waals surface area contributed by atoms with Crippen LogP contribution >= 0.6 is 0 Å². The van der Waals surface area contributed by atoms with E-state index in [1.165, 1.54) is 0 Å². The predicted octanol–water partition coefficient (Wildman–Crippen LogP) is 3.56. The number of hydrogen-bond acceptors (Lipinski definition) is 3. The van der Waals surface area contributed by atoms with Gasteiger partial charge in [0.05, 0.1) is 12.8 Å². The second-order valence-corrected chi connectivity index (χ2v) is 6.26. The van der Waals surface area contributed by atoms with Crippen LogP contribution in [-0.4, -0.2) is 30.5 Å². The minimum atomic E-state index is -0.231. The topological polar surface area (TPSA) is 74.4 Å². The molecule has 2 heterocycles. The predicted molar refractivity (Wildman–Crippen MR) is 101 cm³/mol. The lowest BCUT2D eigenvalue weighted by atomic mass is 10.2. The van der Waals surface area contributed by atoms with Crippen LogP contribution in [0.5, 0.6) is 5.75 Å². The zero-order valence-corrected chi connectivity index (χ0v) is 14.4. The largest absolute Gasteiger partial charge is 0.495 e. The second kappa shape index (κ2) is 6.55. The van der Waals surface area contributed by atoms with Gasteiger partial charge in [0.2, 0.25) is 5.91 Å². The molecule has 2 N–H and O–H groups in total. The molecule has 26 heavy (non-hydrogen) atoms. The maximum atomic E-state index is 12.6. The number of benzene rings is 2. The maximum Gasteiger partial charge on any atom is 0.272 e. The van der Waals surface area contributed by atoms with E-state index >= 15 is 0 Å². The number of ether oxygens (including phenoxy) is 1. The SMILES string of the molecule is COc1ccc(NC(=O)c2cc3ccccc3[nH]2)cc1N1CCCC1=O. The highest BCUT2D eigenvalue weighted by molar-refractivity contribution is 6.06. The molecule has 6 heteroatoms. The summed E-state index contributed by atoms with van der Waals surface area (Å²) in [6.07, 6.45) is 1.36. The van der Waals surface area contributed by atoms with Crippen molar-refractivity contribution in [3.05, 3.63) is 54.2 Å². The summed E-state index contributed by atoms with van der Waals surface area (Å²) >= 11 is 0. The number of nitrogens with zero attached hydrogens (tertiary/aromatic N) is 1. The number of nitrogens with one attached hydrogen (secondary N) is 2. The Morgan fingerprint density at radius 3 is 2.77 bits per heavy atom. The van der Waals surface area contributed by atoms with Crippen LogP contribution in [0.1, 0.15) is 23.3 Å². The quantitative estimate of drug-likeness (QED) is 0.756. The van der Waals surface area contributed by atoms with Crippen LogP contribution in [-0.2, 0) is 4.79 Å². The Kier molecular flexibility index (Phi) is 4.08. The van der Waals surface area contributed by atoms with Crippen molar-refractivity contribution in [1.29, 1.82) is 0 Å². The van der Waals surface area contributed by atoms with Gasteiger partial charge < -0.3 is 19.9 Å². The molecule has 3 aromatic rings. The number of rotatable bonds is 4. The molecular weight excluding hydrogens is 330 g/mol. The van der Waals surface area contributed by atoms with Crippen LogP contribution in [0.15, 0.2) is 48.5 Å². The number of amides is 2. The first-order valence-electron chi connectivity index (χ1n) is 8.53. The normalized spacial score (nSPS) is 14.0. The number of carbonyl (C=O) groups excluding carboxylic acids is 2. The fourth-order valence-corrected chi connectivity index (χ4v) is 3.28. The van der Waals surface area contributed by atoms with E-state index in [0.717, 1.165) is 17.3 Å². The van der Waals surface area contributed by atoms with Crippen LogP contribution in [0.25, 0.3) is 10.9 Å². The lowest BCUT2D eigenvalue weighted by Crippen LogP contribution is -2.24. The third kappa shape index (κ3) is 2.90. The molecule has 1 aliphatic rings. The summed E-state index contributed by atoms with van der Waals surface area (Å²) < 4.78 is 5.38. The minimum Gasteiger partial charge on any atom is -0.495 e. The number of methoxy groups -OCH3 is 1. The van der Waals surface area contributed by atoms with Crippen molar-refractivity contribution in [3.63, 3.8) is 0 Å². The van der Waals surface area contributed by atoms with E-state index in [4.69, 9.17) is 4.74 Å². The lowest BCUT2D eigenvalue weighted by molar-refractivity contribution is -0.117. The molecule has 0 aliphatic carbocycles. The number of anilines is 2. The monoisotopic (exact) mass is 349 g/mol. The molecule has 1 saturated heterocycles. The molecule has 0 spiro atoms. The average Bonchev–Trinajstić information content (AvgIpc) is 3.27. The third-order valence-electron chi connectivity index (χ3n) is 4.58. The summed E-state index contributed by atoms with van der Waals surface area (Å²) in [4.78, 5) is 29.5. The molecule has 132 valence electrons. The number of aromatic nitrogens is 1. The molecule has 0 unspecified atom stereocenters. The number of aromatic amines is 1. The van der Waals surface area contributed by atoms with E-state index in [1.807, 2.05) is 30.3 Å². The summed E-state index contributed by atoms with van der Waals surface area (Å²) in [6, 6.07) is 14.9. The Labute approximate surface area is 150 Å². The second-order valence-electron chi connectivity index (χ2n) is 6.26. The van der Waals surface area contributed by atoms with Crippen molar-refractivity contribution >= 4 is 34.1 Å². The lowest BCUT2D eigenvalue weighted by Gasteiger charge is -2.20. The molecular formula is C20H19N3O3. The van der Waals surface area contributed by atoms with Gasteiger partial charge in [-0.15, -0.1) is 0 Å².